The maximum absolute atomic E-state index is 14.2. The molecule has 2 unspecified atom stereocenters. The lowest BCUT2D eigenvalue weighted by Crippen LogP contribution is -2.42. The van der Waals surface area contributed by atoms with Crippen LogP contribution in [-0.2, 0) is 0 Å². The average molecular weight is 476 g/mol. The van der Waals surface area contributed by atoms with E-state index in [2.05, 4.69) is 50.5 Å². The van der Waals surface area contributed by atoms with E-state index in [-0.39, 0.29) is 11.6 Å². The topological polar surface area (TPSA) is 78.3 Å². The predicted molar refractivity (Wildman–Crippen MR) is 144 cm³/mol. The molecule has 6 rings (SSSR count). The Morgan fingerprint density at radius 1 is 1.00 bits per heavy atom. The summed E-state index contributed by atoms with van der Waals surface area (Å²) in [6, 6.07) is 8.38. The van der Waals surface area contributed by atoms with Crippen LogP contribution >= 0.6 is 0 Å². The Morgan fingerprint density at radius 2 is 1.86 bits per heavy atom. The predicted octanol–water partition coefficient (Wildman–Crippen LogP) is 4.53. The van der Waals surface area contributed by atoms with Crippen molar-refractivity contribution in [2.45, 2.75) is 52.5 Å². The molecule has 35 heavy (non-hydrogen) atoms. The van der Waals surface area contributed by atoms with Gasteiger partial charge in [0, 0.05) is 37.8 Å². The van der Waals surface area contributed by atoms with Gasteiger partial charge in [0.25, 0.3) is 5.56 Å². The molecule has 0 aliphatic carbocycles. The van der Waals surface area contributed by atoms with Gasteiger partial charge in [-0.15, -0.1) is 0 Å². The van der Waals surface area contributed by atoms with Crippen LogP contribution in [0.4, 0.5) is 23.0 Å². The maximum atomic E-state index is 14.2. The summed E-state index contributed by atoms with van der Waals surface area (Å²) in [5, 5.41) is 7.78. The Balaban J connectivity index is 0.00000124. The molecule has 8 heteroatoms. The number of nitrogens with one attached hydrogen (secondary N) is 2. The van der Waals surface area contributed by atoms with Gasteiger partial charge in [0.05, 0.1) is 17.4 Å². The molecule has 1 fully saturated rings. The van der Waals surface area contributed by atoms with Gasteiger partial charge in [-0.05, 0) is 63.4 Å². The first-order valence-corrected chi connectivity index (χ1v) is 13.2. The number of fused-ring (bicyclic) bond motifs is 5. The smallest absolute Gasteiger partial charge is 0.276 e. The molecule has 2 aromatic heterocycles. The molecule has 186 valence electrons. The lowest BCUT2D eigenvalue weighted by molar-refractivity contribution is 0.175. The number of nitrogens with zero attached hydrogens (tertiary/aromatic N) is 5. The van der Waals surface area contributed by atoms with E-state index in [0.29, 0.717) is 11.6 Å². The summed E-state index contributed by atoms with van der Waals surface area (Å²) < 4.78 is 1.97. The lowest BCUT2D eigenvalue weighted by atomic mass is 10.0. The van der Waals surface area contributed by atoms with Gasteiger partial charge in [-0.2, -0.15) is 4.98 Å². The van der Waals surface area contributed by atoms with Crippen molar-refractivity contribution in [3.8, 4) is 0 Å². The summed E-state index contributed by atoms with van der Waals surface area (Å²) in [5.41, 5.74) is 4.86. The SMILES string of the molecule is CC.Cc1cccc2c1NCCN2c1cc2cnc3nc2n(c1=O)C1CCCN(CCCCN3)C1. The summed E-state index contributed by atoms with van der Waals surface area (Å²) in [4.78, 5) is 28.3. The molecule has 3 aromatic rings. The van der Waals surface area contributed by atoms with Gasteiger partial charge in [-0.1, -0.05) is 26.0 Å². The Labute approximate surface area is 207 Å². The Kier molecular flexibility index (Phi) is 6.90. The quantitative estimate of drug-likeness (QED) is 0.535. The van der Waals surface area contributed by atoms with Gasteiger partial charge in [0.2, 0.25) is 5.95 Å². The molecule has 0 radical (unpaired) electrons. The Morgan fingerprint density at radius 3 is 2.74 bits per heavy atom. The largest absolute Gasteiger partial charge is 0.381 e. The second kappa shape index (κ2) is 10.2. The van der Waals surface area contributed by atoms with Crippen molar-refractivity contribution >= 4 is 34.0 Å². The molecule has 3 aliphatic heterocycles. The molecule has 2 N–H and O–H groups in total. The van der Waals surface area contributed by atoms with Crippen molar-refractivity contribution in [3.63, 3.8) is 0 Å². The molecule has 1 saturated heterocycles. The number of pyridine rings is 1. The van der Waals surface area contributed by atoms with Gasteiger partial charge in [-0.3, -0.25) is 9.36 Å². The van der Waals surface area contributed by atoms with E-state index in [0.717, 1.165) is 87.4 Å². The normalized spacial score (nSPS) is 21.5. The Hall–Kier alpha value is -3.13. The summed E-state index contributed by atoms with van der Waals surface area (Å²) >= 11 is 0. The standard InChI is InChI=1S/C25H31N7O.C2H6/c1-17-6-4-8-20-22(17)26-10-13-31(20)21-14-18-15-28-25-27-9-2-3-11-30-12-5-7-19(16-30)32(24(21)33)23(18)29-25;1-2/h4,6,8,14-15,19,26H,2-3,5,7,9-13,16H2,1H3,(H,27,28,29);1-2H3. The monoisotopic (exact) mass is 475 g/mol. The number of anilines is 4. The summed E-state index contributed by atoms with van der Waals surface area (Å²) in [6.07, 6.45) is 6.21. The van der Waals surface area contributed by atoms with Crippen LogP contribution in [0.1, 0.15) is 51.1 Å². The first kappa shape index (κ1) is 23.6. The van der Waals surface area contributed by atoms with Crippen LogP contribution in [-0.4, -0.2) is 58.7 Å². The highest BCUT2D eigenvalue weighted by Gasteiger charge is 2.28. The average Bonchev–Trinajstić information content (AvgIpc) is 2.89. The zero-order valence-corrected chi connectivity index (χ0v) is 21.2. The summed E-state index contributed by atoms with van der Waals surface area (Å²) in [7, 11) is 0. The fourth-order valence-corrected chi connectivity index (χ4v) is 5.60. The highest BCUT2D eigenvalue weighted by Crippen LogP contribution is 2.37. The number of aryl methyl sites for hydroxylation is 1. The second-order valence-electron chi connectivity index (χ2n) is 9.46. The number of aromatic nitrogens is 3. The molecule has 8 nitrogen and oxygen atoms in total. The number of para-hydroxylation sites is 1. The van der Waals surface area contributed by atoms with Crippen molar-refractivity contribution < 1.29 is 0 Å². The van der Waals surface area contributed by atoms with Gasteiger partial charge in [0.1, 0.15) is 11.3 Å². The molecule has 0 amide bonds. The van der Waals surface area contributed by atoms with Crippen LogP contribution in [0, 0.1) is 6.92 Å². The first-order chi connectivity index (χ1) is 17.2. The fraction of sp³-hybridized carbons (Fsp3) is 0.519. The highest BCUT2D eigenvalue weighted by atomic mass is 16.1. The Bertz CT molecular complexity index is 1250. The van der Waals surface area contributed by atoms with E-state index in [1.165, 1.54) is 5.56 Å². The lowest BCUT2D eigenvalue weighted by Gasteiger charge is -2.36. The summed E-state index contributed by atoms with van der Waals surface area (Å²) in [6.45, 7) is 11.6. The van der Waals surface area contributed by atoms with Crippen LogP contribution in [0.3, 0.4) is 0 Å². The fourth-order valence-electron chi connectivity index (χ4n) is 5.60. The third kappa shape index (κ3) is 4.47. The van der Waals surface area contributed by atoms with Gasteiger partial charge in [-0.25, -0.2) is 4.98 Å². The molecule has 4 bridgehead atoms. The van der Waals surface area contributed by atoms with Crippen LogP contribution in [0.15, 0.2) is 35.3 Å². The number of benzene rings is 1. The molecule has 2 atom stereocenters. The molecular formula is C27H37N7O. The zero-order valence-electron chi connectivity index (χ0n) is 21.2. The number of rotatable bonds is 1. The number of hydrogen-bond acceptors (Lipinski definition) is 7. The van der Waals surface area contributed by atoms with E-state index in [1.54, 1.807) is 0 Å². The second-order valence-corrected chi connectivity index (χ2v) is 9.46. The van der Waals surface area contributed by atoms with Gasteiger partial charge >= 0.3 is 0 Å². The van der Waals surface area contributed by atoms with E-state index in [1.807, 2.05) is 30.7 Å². The van der Waals surface area contributed by atoms with E-state index in [4.69, 9.17) is 4.98 Å². The van der Waals surface area contributed by atoms with Crippen molar-refractivity contribution in [2.24, 2.45) is 0 Å². The number of piperidine rings is 1. The minimum Gasteiger partial charge on any atom is -0.381 e. The first-order valence-electron chi connectivity index (χ1n) is 13.2. The highest BCUT2D eigenvalue weighted by molar-refractivity contribution is 5.85. The van der Waals surface area contributed by atoms with Crippen molar-refractivity contribution in [1.82, 2.24) is 19.4 Å². The van der Waals surface area contributed by atoms with Gasteiger partial charge in [0.15, 0.2) is 0 Å². The van der Waals surface area contributed by atoms with E-state index < -0.39 is 0 Å². The van der Waals surface area contributed by atoms with Crippen LogP contribution in [0.2, 0.25) is 0 Å². The van der Waals surface area contributed by atoms with Crippen LogP contribution in [0.25, 0.3) is 11.0 Å². The third-order valence-corrected chi connectivity index (χ3v) is 7.25. The number of hydrogen-bond donors (Lipinski definition) is 2. The van der Waals surface area contributed by atoms with E-state index >= 15 is 0 Å². The van der Waals surface area contributed by atoms with Gasteiger partial charge < -0.3 is 20.4 Å². The third-order valence-electron chi connectivity index (χ3n) is 7.25. The summed E-state index contributed by atoms with van der Waals surface area (Å²) in [5.74, 6) is 0.611. The zero-order chi connectivity index (χ0) is 24.4. The molecule has 0 saturated carbocycles. The molecular weight excluding hydrogens is 438 g/mol. The minimum atomic E-state index is 0.0467. The molecule has 0 spiro atoms. The van der Waals surface area contributed by atoms with E-state index in [9.17, 15) is 4.79 Å². The molecule has 1 aromatic carbocycles. The van der Waals surface area contributed by atoms with Crippen molar-refractivity contribution in [1.29, 1.82) is 0 Å². The van der Waals surface area contributed by atoms with Crippen LogP contribution in [0.5, 0.6) is 0 Å². The maximum Gasteiger partial charge on any atom is 0.276 e. The van der Waals surface area contributed by atoms with Crippen molar-refractivity contribution in [2.75, 3.05) is 54.8 Å². The molecule has 3 aliphatic rings. The van der Waals surface area contributed by atoms with Crippen LogP contribution < -0.4 is 21.1 Å². The minimum absolute atomic E-state index is 0.0467. The van der Waals surface area contributed by atoms with Crippen molar-refractivity contribution in [3.05, 3.63) is 46.4 Å². The molecule has 5 heterocycles.